The van der Waals surface area contributed by atoms with Crippen LogP contribution < -0.4 is 0 Å². The van der Waals surface area contributed by atoms with Gasteiger partial charge in [0.2, 0.25) is 0 Å². The minimum atomic E-state index is 0. The molecule has 4 aliphatic carbocycles. The van der Waals surface area contributed by atoms with Crippen molar-refractivity contribution in [2.45, 2.75) is 107 Å². The maximum absolute atomic E-state index is 3.65. The van der Waals surface area contributed by atoms with Crippen molar-refractivity contribution in [1.29, 1.82) is 0 Å². The number of hydrogen-bond acceptors (Lipinski definition) is 0. The van der Waals surface area contributed by atoms with Gasteiger partial charge in [0.25, 0.3) is 0 Å². The van der Waals surface area contributed by atoms with Crippen LogP contribution in [0.5, 0.6) is 0 Å². The molecular weight excluding hydrogens is 715 g/mol. The molecule has 7 rings (SSSR count). The topological polar surface area (TPSA) is 0 Å². The van der Waals surface area contributed by atoms with Crippen molar-refractivity contribution in [3.05, 3.63) is 136 Å². The van der Waals surface area contributed by atoms with Crippen LogP contribution >= 0.6 is 24.8 Å². The van der Waals surface area contributed by atoms with Crippen LogP contribution in [0.1, 0.15) is 123 Å². The predicted octanol–water partition coefficient (Wildman–Crippen LogP) is 13.3. The third-order valence-corrected chi connectivity index (χ3v) is 9.34. The summed E-state index contributed by atoms with van der Waals surface area (Å²) >= 11 is 1.30. The first-order chi connectivity index (χ1) is 22.1. The van der Waals surface area contributed by atoms with Crippen LogP contribution in [-0.4, -0.2) is 4.21 Å². The second-order valence-electron chi connectivity index (χ2n) is 14.9. The molecular formula is C46H58Cl2Zr-4. The van der Waals surface area contributed by atoms with E-state index in [2.05, 4.69) is 142 Å². The van der Waals surface area contributed by atoms with Gasteiger partial charge in [-0.05, 0) is 58.4 Å². The Kier molecular flexibility index (Phi) is 16.9. The van der Waals surface area contributed by atoms with E-state index in [1.807, 2.05) is 30.3 Å². The van der Waals surface area contributed by atoms with E-state index in [-0.39, 0.29) is 35.6 Å². The summed E-state index contributed by atoms with van der Waals surface area (Å²) in [6.07, 6.45) is 14.1. The molecule has 0 radical (unpaired) electrons. The van der Waals surface area contributed by atoms with E-state index in [4.69, 9.17) is 0 Å². The van der Waals surface area contributed by atoms with E-state index in [1.54, 1.807) is 6.92 Å². The second kappa shape index (κ2) is 18.4. The molecule has 0 saturated heterocycles. The molecule has 0 spiro atoms. The van der Waals surface area contributed by atoms with E-state index in [0.29, 0.717) is 11.3 Å². The summed E-state index contributed by atoms with van der Waals surface area (Å²) in [5, 5.41) is 0. The summed E-state index contributed by atoms with van der Waals surface area (Å²) in [7, 11) is 0. The van der Waals surface area contributed by atoms with Gasteiger partial charge in [-0.3, -0.25) is 12.2 Å². The predicted molar refractivity (Wildman–Crippen MR) is 218 cm³/mol. The maximum Gasteiger partial charge on any atom is -0.171 e. The van der Waals surface area contributed by atoms with E-state index in [1.165, 1.54) is 91.0 Å². The summed E-state index contributed by atoms with van der Waals surface area (Å²) in [4.78, 5) is 0. The fourth-order valence-electron chi connectivity index (χ4n) is 7.36. The van der Waals surface area contributed by atoms with Gasteiger partial charge in [-0.2, -0.15) is 60.5 Å². The number of benzene rings is 3. The molecule has 0 amide bonds. The van der Waals surface area contributed by atoms with Gasteiger partial charge < -0.3 is 6.92 Å². The Balaban J connectivity index is 0.000000420. The molecule has 3 aromatic carbocycles. The summed E-state index contributed by atoms with van der Waals surface area (Å²) in [6, 6.07) is 22.3. The summed E-state index contributed by atoms with van der Waals surface area (Å²) in [5.41, 5.74) is 17.8. The van der Waals surface area contributed by atoms with Gasteiger partial charge in [0.1, 0.15) is 0 Å². The van der Waals surface area contributed by atoms with Crippen molar-refractivity contribution in [2.75, 3.05) is 0 Å². The van der Waals surface area contributed by atoms with Crippen LogP contribution in [0, 0.1) is 36.5 Å². The quantitative estimate of drug-likeness (QED) is 0.169. The standard InChI is InChI=1S/C25H25.C12H19.C6H5.C2H5.CH2.2ClH.Zr/c1-14-12-24(3,4)22-8-16-7-17-9-23-19(15(2)13-25(23,5)6)11-21(17)20(16)10-18(14)22;1-6-10-7-9(2)8-11(10)12(3,4)5;1-2-4-6-5-3-1;1-2;;;;/h8-12H,7H2,1-6H3;8-9H,6H2,1-5H3;1-5H;1H2,2H3;1H2;2*1H;/q4*-1;;;;. The van der Waals surface area contributed by atoms with Crippen LogP contribution in [0.3, 0.4) is 0 Å². The van der Waals surface area contributed by atoms with Crippen molar-refractivity contribution >= 4 is 40.2 Å². The van der Waals surface area contributed by atoms with Gasteiger partial charge in [-0.15, -0.1) is 36.4 Å². The Morgan fingerprint density at radius 3 is 1.82 bits per heavy atom. The Hall–Kier alpha value is -2.05. The fraction of sp³-hybridized carbons (Fsp3) is 0.391. The molecule has 0 aromatic heterocycles. The second-order valence-corrected chi connectivity index (χ2v) is 14.9. The van der Waals surface area contributed by atoms with Crippen LogP contribution in [0.4, 0.5) is 0 Å². The largest absolute Gasteiger partial charge is 0.184 e. The summed E-state index contributed by atoms with van der Waals surface area (Å²) in [5.74, 6) is 0.522. The van der Waals surface area contributed by atoms with Crippen molar-refractivity contribution in [2.24, 2.45) is 11.3 Å². The van der Waals surface area contributed by atoms with E-state index in [0.717, 1.165) is 12.8 Å². The third-order valence-electron chi connectivity index (χ3n) is 9.34. The molecule has 0 heterocycles. The Morgan fingerprint density at radius 1 is 0.837 bits per heavy atom. The fourth-order valence-corrected chi connectivity index (χ4v) is 7.36. The van der Waals surface area contributed by atoms with E-state index < -0.39 is 0 Å². The first-order valence-electron chi connectivity index (χ1n) is 17.1. The number of allylic oxidation sites excluding steroid dienone is 8. The van der Waals surface area contributed by atoms with Gasteiger partial charge in [0.05, 0.1) is 0 Å². The Morgan fingerprint density at radius 2 is 1.37 bits per heavy atom. The molecule has 3 aromatic rings. The minimum absolute atomic E-state index is 0. The summed E-state index contributed by atoms with van der Waals surface area (Å²) in [6.45, 7) is 29.9. The molecule has 264 valence electrons. The average Bonchev–Trinajstić information content (AvgIpc) is 3.73. The number of hydrogen-bond donors (Lipinski definition) is 0. The normalized spacial score (nSPS) is 17.5. The van der Waals surface area contributed by atoms with Gasteiger partial charge >= 0.3 is 28.4 Å². The Bertz CT molecular complexity index is 1580. The summed E-state index contributed by atoms with van der Waals surface area (Å²) < 4.78 is 3.34. The molecule has 1 unspecified atom stereocenters. The molecule has 1 atom stereocenters. The zero-order valence-corrected chi connectivity index (χ0v) is 36.2. The van der Waals surface area contributed by atoms with E-state index in [9.17, 15) is 0 Å². The van der Waals surface area contributed by atoms with Crippen LogP contribution in [0.15, 0.2) is 77.9 Å². The molecule has 49 heavy (non-hydrogen) atoms. The smallest absolute Gasteiger partial charge is 0.171 e. The van der Waals surface area contributed by atoms with E-state index >= 15 is 0 Å². The number of halogens is 2. The molecule has 0 saturated carbocycles. The average molecular weight is 773 g/mol. The third kappa shape index (κ3) is 10.1. The monoisotopic (exact) mass is 770 g/mol. The van der Waals surface area contributed by atoms with Crippen molar-refractivity contribution < 1.29 is 24.2 Å². The van der Waals surface area contributed by atoms with Crippen molar-refractivity contribution in [3.63, 3.8) is 0 Å². The van der Waals surface area contributed by atoms with Gasteiger partial charge in [0, 0.05) is 5.41 Å². The van der Waals surface area contributed by atoms with Gasteiger partial charge in [0.15, 0.2) is 0 Å². The molecule has 0 N–H and O–H groups in total. The molecule has 0 aliphatic heterocycles. The van der Waals surface area contributed by atoms with Crippen LogP contribution in [-0.2, 0) is 41.5 Å². The van der Waals surface area contributed by atoms with Gasteiger partial charge in [-0.25, -0.2) is 11.1 Å². The van der Waals surface area contributed by atoms with Crippen LogP contribution in [0.25, 0.3) is 22.3 Å². The van der Waals surface area contributed by atoms with Crippen LogP contribution in [0.2, 0.25) is 0 Å². The van der Waals surface area contributed by atoms with Crippen molar-refractivity contribution in [1.82, 2.24) is 0 Å². The molecule has 0 fully saturated rings. The molecule has 4 aliphatic rings. The maximum atomic E-state index is 3.65. The number of rotatable bonds is 1. The zero-order valence-electron chi connectivity index (χ0n) is 32.1. The molecule has 0 nitrogen and oxygen atoms in total. The minimum Gasteiger partial charge on any atom is -0.184 e. The first kappa shape index (κ1) is 45.0. The first-order valence-corrected chi connectivity index (χ1v) is 18.9. The SMILES string of the molecule is CC1=[C-]C(C)(C)c2cc3c(cc21)-c1cc2c(cc1C3)C(C)(C)C=C2C.CCC1=[C-]C(C)C=C1C(C)(C)C.Cl.Cl.[CH2-]C.[CH2]=[Zr].[c-]1ccccc1. The number of fused-ring (bicyclic) bond motifs is 5. The molecule has 3 heteroatoms. The van der Waals surface area contributed by atoms with Gasteiger partial charge in [-0.1, -0.05) is 111 Å². The van der Waals surface area contributed by atoms with Crippen molar-refractivity contribution in [3.8, 4) is 11.1 Å². The Labute approximate surface area is 327 Å². The molecule has 0 bridgehead atoms. The zero-order chi connectivity index (χ0) is 35.3.